The molecule has 1 aliphatic heterocycles. The highest BCUT2D eigenvalue weighted by molar-refractivity contribution is 8.00. The van der Waals surface area contributed by atoms with Gasteiger partial charge in [0, 0.05) is 30.8 Å². The SMILES string of the molecule is CCN1C(=O)C(CNc2ccccc2)CSC1C(C#N)c1csc2c1C=CCC=C2.[HH]. The second-order valence-electron chi connectivity index (χ2n) is 7.41. The van der Waals surface area contributed by atoms with E-state index in [1.54, 1.807) is 23.1 Å². The molecule has 4 nitrogen and oxygen atoms in total. The van der Waals surface area contributed by atoms with Crippen LogP contribution < -0.4 is 5.32 Å². The molecule has 1 N–H and O–H groups in total. The summed E-state index contributed by atoms with van der Waals surface area (Å²) in [6, 6.07) is 12.5. The second kappa shape index (κ2) is 9.55. The summed E-state index contributed by atoms with van der Waals surface area (Å²) >= 11 is 3.41. The van der Waals surface area contributed by atoms with Crippen molar-refractivity contribution < 1.29 is 6.22 Å². The quantitative estimate of drug-likeness (QED) is 0.631. The first kappa shape index (κ1) is 20.8. The fraction of sp³-hybridized carbons (Fsp3) is 0.333. The summed E-state index contributed by atoms with van der Waals surface area (Å²) in [5.74, 6) is 0.438. The Morgan fingerprint density at radius 3 is 2.87 bits per heavy atom. The molecule has 1 aromatic heterocycles. The van der Waals surface area contributed by atoms with Crippen LogP contribution in [0.5, 0.6) is 0 Å². The lowest BCUT2D eigenvalue weighted by atomic mass is 9.96. The van der Waals surface area contributed by atoms with Crippen LogP contribution in [0.2, 0.25) is 0 Å². The van der Waals surface area contributed by atoms with Crippen LogP contribution in [0.3, 0.4) is 0 Å². The lowest BCUT2D eigenvalue weighted by molar-refractivity contribution is -0.135. The minimum atomic E-state index is -0.335. The minimum Gasteiger partial charge on any atom is -0.384 e. The molecule has 1 aliphatic carbocycles. The molecule has 0 saturated carbocycles. The monoisotopic (exact) mass is 437 g/mol. The predicted octanol–water partition coefficient (Wildman–Crippen LogP) is 5.68. The van der Waals surface area contributed by atoms with Gasteiger partial charge in [-0.25, -0.2) is 0 Å². The van der Waals surface area contributed by atoms with E-state index < -0.39 is 0 Å². The van der Waals surface area contributed by atoms with Crippen molar-refractivity contribution in [1.29, 1.82) is 5.26 Å². The van der Waals surface area contributed by atoms with Crippen molar-refractivity contribution in [3.05, 3.63) is 63.9 Å². The average Bonchev–Trinajstić information content (AvgIpc) is 3.02. The topological polar surface area (TPSA) is 56.1 Å². The molecule has 2 aliphatic rings. The zero-order valence-corrected chi connectivity index (χ0v) is 18.6. The van der Waals surface area contributed by atoms with Gasteiger partial charge in [0.15, 0.2) is 0 Å². The first-order valence-electron chi connectivity index (χ1n) is 10.3. The molecule has 6 heteroatoms. The number of nitriles is 1. The third kappa shape index (κ3) is 4.19. The van der Waals surface area contributed by atoms with E-state index in [-0.39, 0.29) is 24.5 Å². The lowest BCUT2D eigenvalue weighted by Gasteiger charge is -2.40. The average molecular weight is 438 g/mol. The summed E-state index contributed by atoms with van der Waals surface area (Å²) in [6.45, 7) is 3.22. The van der Waals surface area contributed by atoms with E-state index >= 15 is 0 Å². The Hall–Kier alpha value is -2.49. The van der Waals surface area contributed by atoms with Crippen molar-refractivity contribution in [3.8, 4) is 6.07 Å². The number of likely N-dealkylation sites (N-methyl/N-ethyl adjacent to an activating group) is 1. The van der Waals surface area contributed by atoms with Gasteiger partial charge in [-0.05, 0) is 48.1 Å². The Morgan fingerprint density at radius 1 is 1.30 bits per heavy atom. The summed E-state index contributed by atoms with van der Waals surface area (Å²) < 4.78 is 0. The van der Waals surface area contributed by atoms with Crippen molar-refractivity contribution in [1.82, 2.24) is 4.90 Å². The largest absolute Gasteiger partial charge is 0.384 e. The van der Waals surface area contributed by atoms with Gasteiger partial charge in [0.25, 0.3) is 0 Å². The van der Waals surface area contributed by atoms with Gasteiger partial charge in [0.1, 0.15) is 5.92 Å². The maximum absolute atomic E-state index is 13.3. The zero-order chi connectivity index (χ0) is 20.9. The van der Waals surface area contributed by atoms with Crippen LogP contribution in [0, 0.1) is 17.2 Å². The standard InChI is InChI=1S/C24H25N3OS2.H2/c1-2-27-23(28)17(14-26-18-9-5-3-6-10-18)15-30-24(27)20(13-25)21-16-29-22-12-8-4-7-11-19(21)22;/h3,5-12,16-17,20,24,26H,2,4,14-15H2,1H3;1H. The number of para-hydroxylation sites is 1. The van der Waals surface area contributed by atoms with E-state index in [9.17, 15) is 10.1 Å². The number of carbonyl (C=O) groups excluding carboxylic acids is 1. The van der Waals surface area contributed by atoms with Crippen LogP contribution >= 0.6 is 23.1 Å². The van der Waals surface area contributed by atoms with E-state index in [1.165, 1.54) is 4.88 Å². The Labute approximate surface area is 187 Å². The number of fused-ring (bicyclic) bond motifs is 1. The van der Waals surface area contributed by atoms with Crippen LogP contribution in [0.1, 0.15) is 36.7 Å². The second-order valence-corrected chi connectivity index (χ2v) is 9.47. The van der Waals surface area contributed by atoms with E-state index in [0.29, 0.717) is 13.1 Å². The van der Waals surface area contributed by atoms with E-state index in [2.05, 4.69) is 41.1 Å². The molecular formula is C24H27N3OS2. The van der Waals surface area contributed by atoms with Crippen LogP contribution in [0.4, 0.5) is 5.69 Å². The van der Waals surface area contributed by atoms with Crippen molar-refractivity contribution in [2.75, 3.05) is 24.2 Å². The highest BCUT2D eigenvalue weighted by atomic mass is 32.2. The normalized spacial score (nSPS) is 21.6. The smallest absolute Gasteiger partial charge is 0.229 e. The van der Waals surface area contributed by atoms with Gasteiger partial charge in [-0.2, -0.15) is 5.26 Å². The molecule has 1 aromatic carbocycles. The molecule has 2 heterocycles. The number of carbonyl (C=O) groups is 1. The maximum Gasteiger partial charge on any atom is 0.229 e. The molecular weight excluding hydrogens is 410 g/mol. The number of benzene rings is 1. The third-order valence-corrected chi connectivity index (χ3v) is 7.99. The van der Waals surface area contributed by atoms with E-state index in [0.717, 1.165) is 29.0 Å². The van der Waals surface area contributed by atoms with Crippen LogP contribution in [-0.2, 0) is 4.79 Å². The van der Waals surface area contributed by atoms with Crippen LogP contribution in [-0.4, -0.2) is 35.0 Å². The molecule has 1 saturated heterocycles. The fourth-order valence-electron chi connectivity index (χ4n) is 3.96. The fourth-order valence-corrected chi connectivity index (χ4v) is 6.50. The summed E-state index contributed by atoms with van der Waals surface area (Å²) in [7, 11) is 0. The molecule has 3 atom stereocenters. The molecule has 0 bridgehead atoms. The number of nitrogens with zero attached hydrogens (tertiary/aromatic N) is 2. The summed E-state index contributed by atoms with van der Waals surface area (Å²) in [6.07, 6.45) is 9.45. The highest BCUT2D eigenvalue weighted by Gasteiger charge is 2.40. The highest BCUT2D eigenvalue weighted by Crippen LogP contribution is 2.41. The first-order valence-corrected chi connectivity index (χ1v) is 12.2. The molecule has 2 aromatic rings. The maximum atomic E-state index is 13.3. The predicted molar refractivity (Wildman–Crippen MR) is 130 cm³/mol. The molecule has 4 rings (SSSR count). The number of anilines is 1. The Kier molecular flexibility index (Phi) is 6.61. The number of allylic oxidation sites excluding steroid dienone is 2. The Balaban J connectivity index is 0.00000272. The number of hydrogen-bond donors (Lipinski definition) is 1. The number of hydrogen-bond acceptors (Lipinski definition) is 5. The van der Waals surface area contributed by atoms with Crippen molar-refractivity contribution in [2.45, 2.75) is 24.6 Å². The number of rotatable bonds is 6. The van der Waals surface area contributed by atoms with E-state index in [1.807, 2.05) is 42.2 Å². The van der Waals surface area contributed by atoms with Gasteiger partial charge < -0.3 is 10.2 Å². The zero-order valence-electron chi connectivity index (χ0n) is 17.0. The van der Waals surface area contributed by atoms with Gasteiger partial charge in [0.05, 0.1) is 17.4 Å². The lowest BCUT2D eigenvalue weighted by Crippen LogP contribution is -2.50. The van der Waals surface area contributed by atoms with Gasteiger partial charge in [-0.3, -0.25) is 4.79 Å². The molecule has 30 heavy (non-hydrogen) atoms. The van der Waals surface area contributed by atoms with Gasteiger partial charge in [0.2, 0.25) is 5.91 Å². The van der Waals surface area contributed by atoms with Crippen LogP contribution in [0.15, 0.2) is 47.9 Å². The number of nitrogens with one attached hydrogen (secondary N) is 1. The van der Waals surface area contributed by atoms with Crippen molar-refractivity contribution >= 4 is 46.8 Å². The number of thiophene rings is 1. The molecule has 0 spiro atoms. The van der Waals surface area contributed by atoms with Crippen LogP contribution in [0.25, 0.3) is 12.2 Å². The molecule has 0 radical (unpaired) electrons. The van der Waals surface area contributed by atoms with Gasteiger partial charge >= 0.3 is 0 Å². The van der Waals surface area contributed by atoms with Gasteiger partial charge in [-0.1, -0.05) is 36.4 Å². The molecule has 3 unspecified atom stereocenters. The van der Waals surface area contributed by atoms with E-state index in [4.69, 9.17) is 0 Å². The Bertz CT molecular complexity index is 996. The summed E-state index contributed by atoms with van der Waals surface area (Å²) in [4.78, 5) is 16.4. The summed E-state index contributed by atoms with van der Waals surface area (Å²) in [5.41, 5.74) is 3.21. The van der Waals surface area contributed by atoms with Crippen molar-refractivity contribution in [3.63, 3.8) is 0 Å². The summed E-state index contributed by atoms with van der Waals surface area (Å²) in [5, 5.41) is 15.4. The first-order chi connectivity index (χ1) is 14.7. The third-order valence-electron chi connectivity index (χ3n) is 5.55. The Morgan fingerprint density at radius 2 is 2.10 bits per heavy atom. The molecule has 156 valence electrons. The minimum absolute atomic E-state index is 0. The molecule has 1 amide bonds. The number of thioether (sulfide) groups is 1. The van der Waals surface area contributed by atoms with Gasteiger partial charge in [-0.15, -0.1) is 23.1 Å². The van der Waals surface area contributed by atoms with Crippen molar-refractivity contribution in [2.24, 2.45) is 5.92 Å². The number of amides is 1. The molecule has 1 fully saturated rings.